The third kappa shape index (κ3) is 3.24. The number of nitrogens with one attached hydrogen (secondary N) is 1. The Morgan fingerprint density at radius 2 is 2.14 bits per heavy atom. The molecule has 146 valence electrons. The molecule has 0 unspecified atom stereocenters. The molecule has 0 saturated carbocycles. The van der Waals surface area contributed by atoms with Crippen LogP contribution in [0.2, 0.25) is 0 Å². The summed E-state index contributed by atoms with van der Waals surface area (Å²) in [6, 6.07) is 6.63. The van der Waals surface area contributed by atoms with E-state index >= 15 is 0 Å². The molecule has 0 radical (unpaired) electrons. The first-order valence-electron chi connectivity index (χ1n) is 9.21. The Labute approximate surface area is 161 Å². The lowest BCUT2D eigenvalue weighted by Crippen LogP contribution is -2.38. The van der Waals surface area contributed by atoms with Gasteiger partial charge in [-0.25, -0.2) is 0 Å². The van der Waals surface area contributed by atoms with Gasteiger partial charge in [0.2, 0.25) is 5.56 Å². The van der Waals surface area contributed by atoms with Crippen LogP contribution in [-0.4, -0.2) is 47.0 Å². The van der Waals surface area contributed by atoms with E-state index in [1.165, 1.54) is 6.07 Å². The Morgan fingerprint density at radius 3 is 2.86 bits per heavy atom. The highest BCUT2D eigenvalue weighted by atomic mass is 16.3. The number of hydrogen-bond donors (Lipinski definition) is 2. The van der Waals surface area contributed by atoms with Gasteiger partial charge in [0.1, 0.15) is 6.10 Å². The number of amides is 1. The molecule has 1 aliphatic heterocycles. The quantitative estimate of drug-likeness (QED) is 0.687. The van der Waals surface area contributed by atoms with Crippen LogP contribution < -0.4 is 5.56 Å². The highest BCUT2D eigenvalue weighted by Gasteiger charge is 2.26. The van der Waals surface area contributed by atoms with Gasteiger partial charge in [-0.1, -0.05) is 6.92 Å². The van der Waals surface area contributed by atoms with Gasteiger partial charge in [0.15, 0.2) is 0 Å². The fourth-order valence-corrected chi connectivity index (χ4v) is 3.50. The van der Waals surface area contributed by atoms with E-state index in [-0.39, 0.29) is 11.5 Å². The zero-order chi connectivity index (χ0) is 19.8. The van der Waals surface area contributed by atoms with Crippen molar-refractivity contribution in [3.63, 3.8) is 0 Å². The van der Waals surface area contributed by atoms with E-state index in [1.54, 1.807) is 35.0 Å². The van der Waals surface area contributed by atoms with E-state index in [1.807, 2.05) is 17.7 Å². The standard InChI is InChI=1S/C19H22N6O3/c1-3-13-8-12(9-17(26)21-13)19(28)24-6-7-25-14(11-24)10-15(22-25)18(27)16-4-5-20-23(16)2/h4-5,8-10,18,27H,3,6-7,11H2,1-2H3,(H,21,26)/t18-/m0/s1. The van der Waals surface area contributed by atoms with Crippen molar-refractivity contribution in [2.45, 2.75) is 32.5 Å². The summed E-state index contributed by atoms with van der Waals surface area (Å²) in [6.45, 7) is 3.32. The molecule has 28 heavy (non-hydrogen) atoms. The first-order chi connectivity index (χ1) is 13.5. The van der Waals surface area contributed by atoms with Crippen LogP contribution in [0.1, 0.15) is 46.2 Å². The minimum Gasteiger partial charge on any atom is -0.380 e. The van der Waals surface area contributed by atoms with Crippen LogP contribution in [-0.2, 0) is 26.6 Å². The van der Waals surface area contributed by atoms with Crippen molar-refractivity contribution in [1.29, 1.82) is 0 Å². The van der Waals surface area contributed by atoms with Gasteiger partial charge in [0.25, 0.3) is 5.91 Å². The molecule has 9 nitrogen and oxygen atoms in total. The van der Waals surface area contributed by atoms with Gasteiger partial charge in [0.05, 0.1) is 30.2 Å². The average molecular weight is 382 g/mol. The molecule has 3 aromatic heterocycles. The number of carbonyl (C=O) groups excluding carboxylic acids is 1. The molecule has 1 aliphatic rings. The Balaban J connectivity index is 1.56. The number of pyridine rings is 1. The van der Waals surface area contributed by atoms with E-state index in [2.05, 4.69) is 15.2 Å². The maximum absolute atomic E-state index is 12.9. The second-order valence-corrected chi connectivity index (χ2v) is 6.90. The first kappa shape index (κ1) is 18.2. The zero-order valence-electron chi connectivity index (χ0n) is 15.8. The number of aromatic amines is 1. The maximum atomic E-state index is 12.9. The van der Waals surface area contributed by atoms with Gasteiger partial charge in [-0.05, 0) is 24.6 Å². The molecule has 0 bridgehead atoms. The highest BCUT2D eigenvalue weighted by Crippen LogP contribution is 2.23. The zero-order valence-corrected chi connectivity index (χ0v) is 15.8. The second-order valence-electron chi connectivity index (χ2n) is 6.90. The van der Waals surface area contributed by atoms with Crippen LogP contribution in [0.4, 0.5) is 0 Å². The van der Waals surface area contributed by atoms with E-state index in [4.69, 9.17) is 0 Å². The Hall–Kier alpha value is -3.20. The monoisotopic (exact) mass is 382 g/mol. The van der Waals surface area contributed by atoms with E-state index in [9.17, 15) is 14.7 Å². The van der Waals surface area contributed by atoms with Crippen molar-refractivity contribution in [1.82, 2.24) is 29.4 Å². The van der Waals surface area contributed by atoms with Gasteiger partial charge in [-0.2, -0.15) is 10.2 Å². The topological polar surface area (TPSA) is 109 Å². The van der Waals surface area contributed by atoms with Gasteiger partial charge in [0, 0.05) is 37.1 Å². The number of aliphatic hydroxyl groups is 1. The number of aromatic nitrogens is 5. The normalized spacial score (nSPS) is 14.8. The largest absolute Gasteiger partial charge is 0.380 e. The van der Waals surface area contributed by atoms with Crippen molar-refractivity contribution < 1.29 is 9.90 Å². The van der Waals surface area contributed by atoms with Crippen LogP contribution in [0.15, 0.2) is 35.3 Å². The van der Waals surface area contributed by atoms with Crippen molar-refractivity contribution in [3.05, 3.63) is 69.2 Å². The molecule has 9 heteroatoms. The number of H-pyrrole nitrogens is 1. The van der Waals surface area contributed by atoms with Crippen LogP contribution in [0.5, 0.6) is 0 Å². The van der Waals surface area contributed by atoms with Crippen molar-refractivity contribution >= 4 is 5.91 Å². The van der Waals surface area contributed by atoms with Gasteiger partial charge in [-0.15, -0.1) is 0 Å². The molecular formula is C19H22N6O3. The van der Waals surface area contributed by atoms with Crippen molar-refractivity contribution in [2.75, 3.05) is 6.54 Å². The van der Waals surface area contributed by atoms with Crippen molar-refractivity contribution in [2.24, 2.45) is 7.05 Å². The maximum Gasteiger partial charge on any atom is 0.254 e. The van der Waals surface area contributed by atoms with Crippen molar-refractivity contribution in [3.8, 4) is 0 Å². The third-order valence-corrected chi connectivity index (χ3v) is 5.05. The minimum absolute atomic E-state index is 0.179. The van der Waals surface area contributed by atoms with E-state index in [0.29, 0.717) is 43.0 Å². The summed E-state index contributed by atoms with van der Waals surface area (Å²) in [7, 11) is 1.76. The molecular weight excluding hydrogens is 360 g/mol. The van der Waals surface area contributed by atoms with Crippen LogP contribution in [0.25, 0.3) is 0 Å². The molecule has 4 heterocycles. The molecule has 2 N–H and O–H groups in total. The van der Waals surface area contributed by atoms with Crippen LogP contribution in [0, 0.1) is 0 Å². The number of aliphatic hydroxyl groups excluding tert-OH is 1. The molecule has 4 rings (SSSR count). The molecule has 1 atom stereocenters. The Bertz CT molecular complexity index is 1080. The predicted molar refractivity (Wildman–Crippen MR) is 101 cm³/mol. The molecule has 0 saturated heterocycles. The summed E-state index contributed by atoms with van der Waals surface area (Å²) in [5.41, 5.74) is 2.88. The second kappa shape index (κ2) is 7.08. The molecule has 0 spiro atoms. The number of fused-ring (bicyclic) bond motifs is 1. The summed E-state index contributed by atoms with van der Waals surface area (Å²) >= 11 is 0. The lowest BCUT2D eigenvalue weighted by molar-refractivity contribution is 0.0705. The fourth-order valence-electron chi connectivity index (χ4n) is 3.50. The van der Waals surface area contributed by atoms with Gasteiger partial charge >= 0.3 is 0 Å². The predicted octanol–water partition coefficient (Wildman–Crippen LogP) is 0.605. The summed E-state index contributed by atoms with van der Waals surface area (Å²) in [5.74, 6) is -0.179. The first-order valence-corrected chi connectivity index (χ1v) is 9.21. The highest BCUT2D eigenvalue weighted by molar-refractivity contribution is 5.94. The molecule has 0 fully saturated rings. The summed E-state index contributed by atoms with van der Waals surface area (Å²) in [4.78, 5) is 29.1. The molecule has 0 aliphatic carbocycles. The number of aryl methyl sites for hydroxylation is 2. The number of hydrogen-bond acceptors (Lipinski definition) is 5. The Morgan fingerprint density at radius 1 is 1.32 bits per heavy atom. The lowest BCUT2D eigenvalue weighted by atomic mass is 10.1. The summed E-state index contributed by atoms with van der Waals surface area (Å²) in [5, 5.41) is 19.2. The Kier molecular flexibility index (Phi) is 4.60. The van der Waals surface area contributed by atoms with Gasteiger partial charge in [-0.3, -0.25) is 19.0 Å². The number of nitrogens with zero attached hydrogens (tertiary/aromatic N) is 5. The minimum atomic E-state index is -0.880. The fraction of sp³-hybridized carbons (Fsp3) is 0.368. The number of carbonyl (C=O) groups is 1. The SMILES string of the molecule is CCc1cc(C(=O)N2CCn3nc([C@H](O)c4ccnn4C)cc3C2)cc(=O)[nH]1. The summed E-state index contributed by atoms with van der Waals surface area (Å²) in [6.07, 6.45) is 1.40. The van der Waals surface area contributed by atoms with E-state index < -0.39 is 6.10 Å². The summed E-state index contributed by atoms with van der Waals surface area (Å²) < 4.78 is 3.42. The average Bonchev–Trinajstić information content (AvgIpc) is 3.31. The molecule has 1 amide bonds. The molecule has 0 aromatic carbocycles. The number of rotatable bonds is 4. The smallest absolute Gasteiger partial charge is 0.254 e. The molecule has 3 aromatic rings. The van der Waals surface area contributed by atoms with Crippen LogP contribution >= 0.6 is 0 Å². The third-order valence-electron chi connectivity index (χ3n) is 5.05. The van der Waals surface area contributed by atoms with E-state index in [0.717, 1.165) is 11.4 Å². The lowest BCUT2D eigenvalue weighted by Gasteiger charge is -2.27. The van der Waals surface area contributed by atoms with Crippen LogP contribution in [0.3, 0.4) is 0 Å². The van der Waals surface area contributed by atoms with Gasteiger partial charge < -0.3 is 15.0 Å².